The fourth-order valence-corrected chi connectivity index (χ4v) is 4.43. The summed E-state index contributed by atoms with van der Waals surface area (Å²) in [6.07, 6.45) is 0. The largest absolute Gasteiger partial charge is 0.490 e. The molecule has 0 radical (unpaired) electrons. The van der Waals surface area contributed by atoms with Crippen LogP contribution in [0.25, 0.3) is 11.0 Å². The van der Waals surface area contributed by atoms with Crippen LogP contribution in [-0.4, -0.2) is 34.1 Å². The molecule has 1 saturated carbocycles. The molecular formula is C21H21F2N3O. The third-order valence-corrected chi connectivity index (χ3v) is 6.02. The lowest BCUT2D eigenvalue weighted by atomic mass is 10.2. The molecule has 2 heterocycles. The quantitative estimate of drug-likeness (QED) is 0.688. The summed E-state index contributed by atoms with van der Waals surface area (Å²) in [7, 11) is 2.06. The fourth-order valence-electron chi connectivity index (χ4n) is 4.43. The average molecular weight is 369 g/mol. The van der Waals surface area contributed by atoms with Gasteiger partial charge in [-0.15, -0.1) is 0 Å². The van der Waals surface area contributed by atoms with Crippen LogP contribution in [0.1, 0.15) is 5.82 Å². The molecule has 2 aromatic carbocycles. The first-order chi connectivity index (χ1) is 13.1. The van der Waals surface area contributed by atoms with Gasteiger partial charge in [-0.25, -0.2) is 13.8 Å². The van der Waals surface area contributed by atoms with E-state index < -0.39 is 11.6 Å². The lowest BCUT2D eigenvalue weighted by molar-refractivity contribution is 0.221. The molecule has 2 atom stereocenters. The van der Waals surface area contributed by atoms with Crippen molar-refractivity contribution in [2.24, 2.45) is 24.8 Å². The van der Waals surface area contributed by atoms with Gasteiger partial charge in [0, 0.05) is 32.1 Å². The second-order valence-corrected chi connectivity index (χ2v) is 7.65. The van der Waals surface area contributed by atoms with Gasteiger partial charge in [0.15, 0.2) is 11.6 Å². The number of hydrogen-bond acceptors (Lipinski definition) is 3. The van der Waals surface area contributed by atoms with Crippen molar-refractivity contribution in [1.82, 2.24) is 14.5 Å². The van der Waals surface area contributed by atoms with Crippen LogP contribution in [0.15, 0.2) is 42.5 Å². The molecule has 2 fully saturated rings. The molecule has 5 rings (SSSR count). The molecule has 140 valence electrons. The maximum atomic E-state index is 13.7. The van der Waals surface area contributed by atoms with Crippen LogP contribution in [0.3, 0.4) is 0 Å². The lowest BCUT2D eigenvalue weighted by Gasteiger charge is -2.19. The standard InChI is InChI=1S/C21H21F2N3O/c1-25-19-5-3-2-4-18(19)24-21(25)11-26-9-14-15(10-26)16(14)12-27-20-7-6-13(22)8-17(20)23/h2-8,14-16H,9-12H2,1H3. The zero-order valence-corrected chi connectivity index (χ0v) is 15.1. The molecule has 0 N–H and O–H groups in total. The molecule has 0 amide bonds. The van der Waals surface area contributed by atoms with Crippen LogP contribution in [0.2, 0.25) is 0 Å². The number of aromatic nitrogens is 2. The number of rotatable bonds is 5. The van der Waals surface area contributed by atoms with Crippen LogP contribution in [-0.2, 0) is 13.6 Å². The number of ether oxygens (including phenoxy) is 1. The highest BCUT2D eigenvalue weighted by Gasteiger charge is 2.55. The van der Waals surface area contributed by atoms with Gasteiger partial charge in [-0.05, 0) is 36.1 Å². The number of nitrogens with zero attached hydrogens (tertiary/aromatic N) is 3. The van der Waals surface area contributed by atoms with Crippen molar-refractivity contribution in [2.75, 3.05) is 19.7 Å². The van der Waals surface area contributed by atoms with Gasteiger partial charge in [0.25, 0.3) is 0 Å². The molecule has 0 bridgehead atoms. The second-order valence-electron chi connectivity index (χ2n) is 7.65. The van der Waals surface area contributed by atoms with E-state index in [1.165, 1.54) is 12.1 Å². The highest BCUT2D eigenvalue weighted by molar-refractivity contribution is 5.75. The van der Waals surface area contributed by atoms with Crippen molar-refractivity contribution in [2.45, 2.75) is 6.54 Å². The predicted molar refractivity (Wildman–Crippen MR) is 98.3 cm³/mol. The van der Waals surface area contributed by atoms with Crippen LogP contribution >= 0.6 is 0 Å². The van der Waals surface area contributed by atoms with Gasteiger partial charge in [0.1, 0.15) is 11.6 Å². The Morgan fingerprint density at radius 1 is 1.11 bits per heavy atom. The SMILES string of the molecule is Cn1c(CN2CC3C(COc4ccc(F)cc4F)C3C2)nc2ccccc21. The van der Waals surface area contributed by atoms with E-state index in [1.807, 2.05) is 18.2 Å². The zero-order valence-electron chi connectivity index (χ0n) is 15.1. The van der Waals surface area contributed by atoms with E-state index in [9.17, 15) is 8.78 Å². The Morgan fingerprint density at radius 2 is 1.89 bits per heavy atom. The number of benzene rings is 2. The Kier molecular flexibility index (Phi) is 3.90. The smallest absolute Gasteiger partial charge is 0.167 e. The van der Waals surface area contributed by atoms with Crippen molar-refractivity contribution >= 4 is 11.0 Å². The summed E-state index contributed by atoms with van der Waals surface area (Å²) in [6.45, 7) is 3.39. The van der Waals surface area contributed by atoms with Gasteiger partial charge in [-0.2, -0.15) is 0 Å². The summed E-state index contributed by atoms with van der Waals surface area (Å²) in [4.78, 5) is 7.19. The maximum absolute atomic E-state index is 13.7. The summed E-state index contributed by atoms with van der Waals surface area (Å²) < 4.78 is 34.4. The van der Waals surface area contributed by atoms with E-state index >= 15 is 0 Å². The first kappa shape index (κ1) is 16.7. The monoisotopic (exact) mass is 369 g/mol. The summed E-state index contributed by atoms with van der Waals surface area (Å²) in [6, 6.07) is 11.6. The van der Waals surface area contributed by atoms with Gasteiger partial charge in [0.2, 0.25) is 0 Å². The first-order valence-corrected chi connectivity index (χ1v) is 9.30. The second kappa shape index (κ2) is 6.30. The molecule has 3 aromatic rings. The highest BCUT2D eigenvalue weighted by Crippen LogP contribution is 2.52. The Labute approximate surface area is 156 Å². The molecule has 0 spiro atoms. The first-order valence-electron chi connectivity index (χ1n) is 9.30. The summed E-state index contributed by atoms with van der Waals surface area (Å²) in [5.74, 6) is 1.67. The topological polar surface area (TPSA) is 30.3 Å². The normalized spacial score (nSPS) is 24.3. The minimum atomic E-state index is -0.635. The van der Waals surface area contributed by atoms with E-state index in [1.54, 1.807) is 0 Å². The zero-order chi connectivity index (χ0) is 18.5. The molecule has 1 aliphatic heterocycles. The highest BCUT2D eigenvalue weighted by atomic mass is 19.1. The summed E-state index contributed by atoms with van der Waals surface area (Å²) >= 11 is 0. The van der Waals surface area contributed by atoms with Crippen LogP contribution in [0.4, 0.5) is 8.78 Å². The van der Waals surface area contributed by atoms with Crippen molar-refractivity contribution in [3.63, 3.8) is 0 Å². The number of para-hydroxylation sites is 2. The number of likely N-dealkylation sites (tertiary alicyclic amines) is 1. The lowest BCUT2D eigenvalue weighted by Crippen LogP contribution is -2.26. The van der Waals surface area contributed by atoms with E-state index in [2.05, 4.69) is 22.6 Å². The van der Waals surface area contributed by atoms with Crippen molar-refractivity contribution in [3.8, 4) is 5.75 Å². The van der Waals surface area contributed by atoms with Gasteiger partial charge in [-0.1, -0.05) is 12.1 Å². The Bertz CT molecular complexity index is 990. The van der Waals surface area contributed by atoms with Crippen LogP contribution in [0.5, 0.6) is 5.75 Å². The molecule has 27 heavy (non-hydrogen) atoms. The Morgan fingerprint density at radius 3 is 2.63 bits per heavy atom. The molecular weight excluding hydrogens is 348 g/mol. The molecule has 1 aliphatic carbocycles. The van der Waals surface area contributed by atoms with E-state index in [-0.39, 0.29) is 5.75 Å². The Hall–Kier alpha value is -2.47. The fraction of sp³-hybridized carbons (Fsp3) is 0.381. The molecule has 4 nitrogen and oxygen atoms in total. The van der Waals surface area contributed by atoms with E-state index in [0.29, 0.717) is 24.4 Å². The van der Waals surface area contributed by atoms with Gasteiger partial charge >= 0.3 is 0 Å². The maximum Gasteiger partial charge on any atom is 0.167 e. The third-order valence-electron chi connectivity index (χ3n) is 6.02. The number of hydrogen-bond donors (Lipinski definition) is 0. The number of halogens is 2. The molecule has 1 aromatic heterocycles. The van der Waals surface area contributed by atoms with E-state index in [0.717, 1.165) is 42.6 Å². The Balaban J connectivity index is 1.17. The number of piperidine rings is 1. The summed E-state index contributed by atoms with van der Waals surface area (Å²) in [5, 5.41) is 0. The molecule has 2 unspecified atom stereocenters. The minimum absolute atomic E-state index is 0.137. The van der Waals surface area contributed by atoms with Crippen molar-refractivity contribution < 1.29 is 13.5 Å². The molecule has 2 aliphatic rings. The van der Waals surface area contributed by atoms with Gasteiger partial charge in [-0.3, -0.25) is 4.90 Å². The van der Waals surface area contributed by atoms with Crippen molar-refractivity contribution in [3.05, 3.63) is 59.9 Å². The third kappa shape index (κ3) is 2.98. The average Bonchev–Trinajstić information content (AvgIpc) is 2.98. The van der Waals surface area contributed by atoms with Crippen LogP contribution in [0, 0.1) is 29.4 Å². The number of fused-ring (bicyclic) bond motifs is 2. The van der Waals surface area contributed by atoms with Crippen LogP contribution < -0.4 is 4.74 Å². The van der Waals surface area contributed by atoms with Gasteiger partial charge < -0.3 is 9.30 Å². The van der Waals surface area contributed by atoms with Crippen molar-refractivity contribution in [1.29, 1.82) is 0 Å². The van der Waals surface area contributed by atoms with E-state index in [4.69, 9.17) is 9.72 Å². The minimum Gasteiger partial charge on any atom is -0.490 e. The molecule has 6 heteroatoms. The molecule has 1 saturated heterocycles. The summed E-state index contributed by atoms with van der Waals surface area (Å²) in [5.41, 5.74) is 2.19. The number of aryl methyl sites for hydroxylation is 1. The number of imidazole rings is 1. The predicted octanol–water partition coefficient (Wildman–Crippen LogP) is 3.61. The van der Waals surface area contributed by atoms with Gasteiger partial charge in [0.05, 0.1) is 24.2 Å².